The van der Waals surface area contributed by atoms with Crippen molar-refractivity contribution in [1.82, 2.24) is 4.90 Å². The smallest absolute Gasteiger partial charge is 0.251 e. The number of hydrogen-bond acceptors (Lipinski definition) is 5. The van der Waals surface area contributed by atoms with Gasteiger partial charge >= 0.3 is 0 Å². The predicted octanol–water partition coefficient (Wildman–Crippen LogP) is 4.07. The number of methoxy groups -OCH3 is 1. The van der Waals surface area contributed by atoms with Crippen LogP contribution in [0.4, 0.5) is 5.69 Å². The van der Waals surface area contributed by atoms with Crippen LogP contribution in [0, 0.1) is 5.92 Å². The Morgan fingerprint density at radius 1 is 0.938 bits per heavy atom. The molecule has 0 unspecified atom stereocenters. The summed E-state index contributed by atoms with van der Waals surface area (Å²) in [6.45, 7) is 4.25. The van der Waals surface area contributed by atoms with Gasteiger partial charge in [-0.05, 0) is 93.6 Å². The molecule has 0 radical (unpaired) electrons. The fraction of sp³-hybridized carbons (Fsp3) is 0.462. The van der Waals surface area contributed by atoms with Crippen molar-refractivity contribution in [2.45, 2.75) is 45.1 Å². The fourth-order valence-corrected chi connectivity index (χ4v) is 4.75. The van der Waals surface area contributed by atoms with Crippen LogP contribution in [0.3, 0.4) is 0 Å². The summed E-state index contributed by atoms with van der Waals surface area (Å²) in [6.07, 6.45) is 4.61. The van der Waals surface area contributed by atoms with E-state index in [1.807, 2.05) is 19.1 Å². The molecule has 2 aromatic carbocycles. The SMILES string of the molecule is CCOc1ccc(N2C(=O)C[C@H](N3CCC(CCc4ccc(OC)cc4)CC3)C2=O)cc1. The van der Waals surface area contributed by atoms with Gasteiger partial charge in [-0.15, -0.1) is 0 Å². The number of piperidine rings is 1. The van der Waals surface area contributed by atoms with E-state index in [2.05, 4.69) is 17.0 Å². The number of anilines is 1. The fourth-order valence-electron chi connectivity index (χ4n) is 4.75. The number of carbonyl (C=O) groups is 2. The van der Waals surface area contributed by atoms with Gasteiger partial charge in [0.05, 0.1) is 31.9 Å². The molecule has 2 aliphatic rings. The maximum Gasteiger partial charge on any atom is 0.251 e. The van der Waals surface area contributed by atoms with E-state index in [9.17, 15) is 9.59 Å². The van der Waals surface area contributed by atoms with Crippen molar-refractivity contribution < 1.29 is 19.1 Å². The molecular formula is C26H32N2O4. The Morgan fingerprint density at radius 3 is 2.22 bits per heavy atom. The number of ether oxygens (including phenoxy) is 2. The van der Waals surface area contributed by atoms with Crippen LogP contribution in [-0.4, -0.2) is 49.6 Å². The molecule has 0 aromatic heterocycles. The lowest BCUT2D eigenvalue weighted by Gasteiger charge is -2.34. The van der Waals surface area contributed by atoms with E-state index < -0.39 is 0 Å². The lowest BCUT2D eigenvalue weighted by Crippen LogP contribution is -2.46. The zero-order chi connectivity index (χ0) is 22.5. The largest absolute Gasteiger partial charge is 0.497 e. The summed E-state index contributed by atoms with van der Waals surface area (Å²) in [6, 6.07) is 15.1. The predicted molar refractivity (Wildman–Crippen MR) is 124 cm³/mol. The van der Waals surface area contributed by atoms with Crippen LogP contribution in [-0.2, 0) is 16.0 Å². The molecule has 0 aliphatic carbocycles. The van der Waals surface area contributed by atoms with Gasteiger partial charge in [-0.3, -0.25) is 14.5 Å². The van der Waals surface area contributed by atoms with E-state index in [4.69, 9.17) is 9.47 Å². The number of aryl methyl sites for hydroxylation is 1. The summed E-state index contributed by atoms with van der Waals surface area (Å²) >= 11 is 0. The minimum absolute atomic E-state index is 0.101. The molecule has 2 saturated heterocycles. The Morgan fingerprint density at radius 2 is 1.59 bits per heavy atom. The Balaban J connectivity index is 1.29. The van der Waals surface area contributed by atoms with E-state index in [-0.39, 0.29) is 24.3 Å². The molecule has 0 spiro atoms. The van der Waals surface area contributed by atoms with Crippen LogP contribution in [0.5, 0.6) is 11.5 Å². The van der Waals surface area contributed by atoms with Crippen molar-refractivity contribution in [2.24, 2.45) is 5.92 Å². The van der Waals surface area contributed by atoms with E-state index in [1.165, 1.54) is 10.5 Å². The van der Waals surface area contributed by atoms with E-state index >= 15 is 0 Å². The van der Waals surface area contributed by atoms with Gasteiger partial charge in [-0.1, -0.05) is 12.1 Å². The lowest BCUT2D eigenvalue weighted by atomic mass is 9.90. The highest BCUT2D eigenvalue weighted by molar-refractivity contribution is 6.22. The van der Waals surface area contributed by atoms with Crippen LogP contribution < -0.4 is 14.4 Å². The lowest BCUT2D eigenvalue weighted by molar-refractivity contribution is -0.123. The molecule has 170 valence electrons. The summed E-state index contributed by atoms with van der Waals surface area (Å²) in [4.78, 5) is 29.3. The third kappa shape index (κ3) is 4.96. The van der Waals surface area contributed by atoms with Gasteiger partial charge < -0.3 is 9.47 Å². The molecule has 6 nitrogen and oxygen atoms in total. The molecule has 32 heavy (non-hydrogen) atoms. The van der Waals surface area contributed by atoms with Gasteiger partial charge in [0, 0.05) is 0 Å². The second kappa shape index (κ2) is 10.2. The maximum atomic E-state index is 13.1. The van der Waals surface area contributed by atoms with Gasteiger partial charge in [-0.25, -0.2) is 4.90 Å². The van der Waals surface area contributed by atoms with Gasteiger partial charge in [0.2, 0.25) is 5.91 Å². The third-order valence-electron chi connectivity index (χ3n) is 6.62. The van der Waals surface area contributed by atoms with Crippen molar-refractivity contribution in [3.63, 3.8) is 0 Å². The zero-order valence-corrected chi connectivity index (χ0v) is 19.0. The monoisotopic (exact) mass is 436 g/mol. The van der Waals surface area contributed by atoms with E-state index in [1.54, 1.807) is 31.4 Å². The average Bonchev–Trinajstić information content (AvgIpc) is 3.13. The molecular weight excluding hydrogens is 404 g/mol. The standard InChI is InChI=1S/C26H32N2O4/c1-3-32-23-12-8-21(9-13-23)28-25(29)18-24(26(28)30)27-16-14-20(15-17-27)5-4-19-6-10-22(31-2)11-7-19/h6-13,20,24H,3-5,14-18H2,1-2H3/t24-/m0/s1. The van der Waals surface area contributed by atoms with E-state index in [0.29, 0.717) is 18.2 Å². The van der Waals surface area contributed by atoms with Gasteiger partial charge in [0.25, 0.3) is 5.91 Å². The van der Waals surface area contributed by atoms with Crippen molar-refractivity contribution in [2.75, 3.05) is 31.7 Å². The zero-order valence-electron chi connectivity index (χ0n) is 19.0. The number of imide groups is 1. The Kier molecular flexibility index (Phi) is 7.10. The highest BCUT2D eigenvalue weighted by atomic mass is 16.5. The average molecular weight is 437 g/mol. The minimum atomic E-state index is -0.336. The van der Waals surface area contributed by atoms with Gasteiger partial charge in [0.1, 0.15) is 11.5 Å². The van der Waals surface area contributed by atoms with E-state index in [0.717, 1.165) is 50.3 Å². The molecule has 2 amide bonds. The van der Waals surface area contributed by atoms with Crippen LogP contribution in [0.25, 0.3) is 0 Å². The number of hydrogen-bond donors (Lipinski definition) is 0. The number of amides is 2. The topological polar surface area (TPSA) is 59.1 Å². The molecule has 0 N–H and O–H groups in total. The highest BCUT2D eigenvalue weighted by Crippen LogP contribution is 2.31. The van der Waals surface area contributed by atoms with Crippen molar-refractivity contribution in [3.05, 3.63) is 54.1 Å². The van der Waals surface area contributed by atoms with Crippen LogP contribution >= 0.6 is 0 Å². The first-order chi connectivity index (χ1) is 15.6. The van der Waals surface area contributed by atoms with Gasteiger partial charge in [-0.2, -0.15) is 0 Å². The third-order valence-corrected chi connectivity index (χ3v) is 6.62. The summed E-state index contributed by atoms with van der Waals surface area (Å²) in [7, 11) is 1.68. The van der Waals surface area contributed by atoms with Crippen LogP contribution in [0.15, 0.2) is 48.5 Å². The number of carbonyl (C=O) groups excluding carboxylic acids is 2. The summed E-state index contributed by atoms with van der Waals surface area (Å²) in [5.74, 6) is 2.06. The Hall–Kier alpha value is -2.86. The molecule has 6 heteroatoms. The summed E-state index contributed by atoms with van der Waals surface area (Å²) < 4.78 is 10.7. The molecule has 2 heterocycles. The molecule has 4 rings (SSSR count). The molecule has 2 aliphatic heterocycles. The van der Waals surface area contributed by atoms with Crippen LogP contribution in [0.1, 0.15) is 38.2 Å². The second-order valence-electron chi connectivity index (χ2n) is 8.58. The maximum absolute atomic E-state index is 13.1. The molecule has 0 bridgehead atoms. The minimum Gasteiger partial charge on any atom is -0.497 e. The first-order valence-electron chi connectivity index (χ1n) is 11.6. The first kappa shape index (κ1) is 22.3. The number of benzene rings is 2. The highest BCUT2D eigenvalue weighted by Gasteiger charge is 2.43. The van der Waals surface area contributed by atoms with Crippen molar-refractivity contribution >= 4 is 17.5 Å². The molecule has 2 aromatic rings. The Bertz CT molecular complexity index is 918. The summed E-state index contributed by atoms with van der Waals surface area (Å²) in [5.41, 5.74) is 1.95. The first-order valence-corrected chi connectivity index (χ1v) is 11.6. The number of rotatable bonds is 8. The molecule has 0 saturated carbocycles. The van der Waals surface area contributed by atoms with Crippen molar-refractivity contribution in [1.29, 1.82) is 0 Å². The molecule has 1 atom stereocenters. The number of nitrogens with zero attached hydrogens (tertiary/aromatic N) is 2. The Labute approximate surface area is 190 Å². The number of likely N-dealkylation sites (tertiary alicyclic amines) is 1. The second-order valence-corrected chi connectivity index (χ2v) is 8.58. The normalized spacial score (nSPS) is 20.1. The molecule has 2 fully saturated rings. The van der Waals surface area contributed by atoms with Gasteiger partial charge in [0.15, 0.2) is 0 Å². The quantitative estimate of drug-likeness (QED) is 0.584. The van der Waals surface area contributed by atoms with Crippen molar-refractivity contribution in [3.8, 4) is 11.5 Å². The van der Waals surface area contributed by atoms with Crippen LogP contribution in [0.2, 0.25) is 0 Å². The summed E-state index contributed by atoms with van der Waals surface area (Å²) in [5, 5.41) is 0.